The van der Waals surface area contributed by atoms with Crippen LogP contribution < -0.4 is 0 Å². The van der Waals surface area contributed by atoms with E-state index < -0.39 is 11.9 Å². The fourth-order valence-electron chi connectivity index (χ4n) is 0.712. The van der Waals surface area contributed by atoms with Gasteiger partial charge in [0.1, 0.15) is 5.69 Å². The quantitative estimate of drug-likeness (QED) is 0.594. The predicted molar refractivity (Wildman–Crippen MR) is 53.2 cm³/mol. The summed E-state index contributed by atoms with van der Waals surface area (Å²) in [5, 5.41) is 1.55. The van der Waals surface area contributed by atoms with Crippen LogP contribution in [0.4, 0.5) is 13.2 Å². The zero-order valence-corrected chi connectivity index (χ0v) is 9.01. The van der Waals surface area contributed by atoms with Gasteiger partial charge in [-0.2, -0.15) is 8.78 Å². The molecule has 2 nitrogen and oxygen atoms in total. The topological polar surface area (TPSA) is 30.0 Å². The minimum Gasteiger partial charge on any atom is -0.296 e. The van der Waals surface area contributed by atoms with E-state index in [-0.39, 0.29) is 12.2 Å². The monoisotopic (exact) mass is 253 g/mol. The van der Waals surface area contributed by atoms with Gasteiger partial charge in [0, 0.05) is 17.6 Å². The standard InChI is InChI=1S/C8H6F3NOS2/c9-6(7(10)11)1-2-14-8-12-5(3-13)4-15-8/h3-4H,1-2H2. The van der Waals surface area contributed by atoms with Gasteiger partial charge >= 0.3 is 6.08 Å². The highest BCUT2D eigenvalue weighted by Crippen LogP contribution is 2.25. The van der Waals surface area contributed by atoms with E-state index >= 15 is 0 Å². The van der Waals surface area contributed by atoms with Crippen LogP contribution in [0.2, 0.25) is 0 Å². The van der Waals surface area contributed by atoms with Gasteiger partial charge in [0.05, 0.1) is 0 Å². The molecule has 0 N–H and O–H groups in total. The Kier molecular flexibility index (Phi) is 4.83. The average molecular weight is 253 g/mol. The van der Waals surface area contributed by atoms with Crippen molar-refractivity contribution in [2.24, 2.45) is 0 Å². The van der Waals surface area contributed by atoms with Crippen molar-refractivity contribution in [1.29, 1.82) is 0 Å². The number of aromatic nitrogens is 1. The number of thiazole rings is 1. The minimum atomic E-state index is -2.27. The molecule has 0 saturated carbocycles. The summed E-state index contributed by atoms with van der Waals surface area (Å²) in [4.78, 5) is 14.1. The SMILES string of the molecule is O=Cc1csc(SCCC(F)=C(F)F)n1. The average Bonchev–Trinajstić information content (AvgIpc) is 2.65. The maximum Gasteiger partial charge on any atom is 0.301 e. The van der Waals surface area contributed by atoms with Gasteiger partial charge < -0.3 is 0 Å². The molecule has 0 saturated heterocycles. The maximum absolute atomic E-state index is 12.3. The van der Waals surface area contributed by atoms with Gasteiger partial charge in [-0.1, -0.05) is 11.8 Å². The molecule has 0 atom stereocenters. The first-order chi connectivity index (χ1) is 7.13. The molecular formula is C8H6F3NOS2. The molecule has 7 heteroatoms. The summed E-state index contributed by atoms with van der Waals surface area (Å²) in [5.74, 6) is -1.22. The number of allylic oxidation sites excluding steroid dienone is 1. The van der Waals surface area contributed by atoms with E-state index in [9.17, 15) is 18.0 Å². The molecule has 0 aromatic carbocycles. The number of aldehydes is 1. The number of hydrogen-bond acceptors (Lipinski definition) is 4. The Morgan fingerprint density at radius 2 is 2.27 bits per heavy atom. The molecule has 1 aromatic rings. The van der Waals surface area contributed by atoms with Crippen molar-refractivity contribution in [2.75, 3.05) is 5.75 Å². The predicted octanol–water partition coefficient (Wildman–Crippen LogP) is 3.52. The van der Waals surface area contributed by atoms with Gasteiger partial charge in [0.25, 0.3) is 0 Å². The van der Waals surface area contributed by atoms with Crippen LogP contribution >= 0.6 is 23.1 Å². The molecule has 1 aromatic heterocycles. The van der Waals surface area contributed by atoms with Crippen molar-refractivity contribution in [3.8, 4) is 0 Å². The highest BCUT2D eigenvalue weighted by atomic mass is 32.2. The van der Waals surface area contributed by atoms with E-state index in [2.05, 4.69) is 4.98 Å². The zero-order chi connectivity index (χ0) is 11.3. The Morgan fingerprint density at radius 1 is 1.53 bits per heavy atom. The first kappa shape index (κ1) is 12.3. The van der Waals surface area contributed by atoms with Crippen LogP contribution in [0.5, 0.6) is 0 Å². The highest BCUT2D eigenvalue weighted by Gasteiger charge is 2.06. The zero-order valence-electron chi connectivity index (χ0n) is 7.37. The van der Waals surface area contributed by atoms with Crippen molar-refractivity contribution < 1.29 is 18.0 Å². The molecule has 0 aliphatic carbocycles. The van der Waals surface area contributed by atoms with Gasteiger partial charge in [-0.3, -0.25) is 4.79 Å². The fourth-order valence-corrected chi connectivity index (χ4v) is 2.49. The molecule has 0 radical (unpaired) electrons. The van der Waals surface area contributed by atoms with Crippen molar-refractivity contribution in [2.45, 2.75) is 10.8 Å². The molecular weight excluding hydrogens is 247 g/mol. The number of halogens is 3. The summed E-state index contributed by atoms with van der Waals surface area (Å²) in [6.45, 7) is 0. The van der Waals surface area contributed by atoms with E-state index in [4.69, 9.17) is 0 Å². The summed E-state index contributed by atoms with van der Waals surface area (Å²) in [6, 6.07) is 0. The summed E-state index contributed by atoms with van der Waals surface area (Å²) in [7, 11) is 0. The Morgan fingerprint density at radius 3 is 2.80 bits per heavy atom. The van der Waals surface area contributed by atoms with Crippen LogP contribution in [0, 0.1) is 0 Å². The molecule has 15 heavy (non-hydrogen) atoms. The lowest BCUT2D eigenvalue weighted by molar-refractivity contribution is 0.111. The van der Waals surface area contributed by atoms with Crippen molar-refractivity contribution >= 4 is 29.4 Å². The van der Waals surface area contributed by atoms with Crippen LogP contribution in [0.15, 0.2) is 21.6 Å². The summed E-state index contributed by atoms with van der Waals surface area (Å²) in [5.41, 5.74) is 0.301. The highest BCUT2D eigenvalue weighted by molar-refractivity contribution is 8.01. The molecule has 0 amide bonds. The largest absolute Gasteiger partial charge is 0.301 e. The van der Waals surface area contributed by atoms with Crippen LogP contribution in [0.25, 0.3) is 0 Å². The number of rotatable bonds is 5. The van der Waals surface area contributed by atoms with Gasteiger partial charge in [-0.05, 0) is 0 Å². The third kappa shape index (κ3) is 4.05. The molecule has 0 bridgehead atoms. The second-order valence-corrected chi connectivity index (χ2v) is 4.62. The van der Waals surface area contributed by atoms with Gasteiger partial charge in [0.15, 0.2) is 16.5 Å². The number of nitrogens with zero attached hydrogens (tertiary/aromatic N) is 1. The summed E-state index contributed by atoms with van der Waals surface area (Å²) < 4.78 is 36.2. The first-order valence-electron chi connectivity index (χ1n) is 3.86. The van der Waals surface area contributed by atoms with E-state index in [1.807, 2.05) is 0 Å². The van der Waals surface area contributed by atoms with Crippen LogP contribution in [-0.2, 0) is 0 Å². The first-order valence-corrected chi connectivity index (χ1v) is 5.73. The van der Waals surface area contributed by atoms with Crippen LogP contribution in [-0.4, -0.2) is 17.0 Å². The van der Waals surface area contributed by atoms with Gasteiger partial charge in [-0.15, -0.1) is 11.3 Å². The van der Waals surface area contributed by atoms with Crippen LogP contribution in [0.3, 0.4) is 0 Å². The number of hydrogen-bond donors (Lipinski definition) is 0. The van der Waals surface area contributed by atoms with E-state index in [1.165, 1.54) is 11.3 Å². The smallest absolute Gasteiger partial charge is 0.296 e. The van der Waals surface area contributed by atoms with Gasteiger partial charge in [0.2, 0.25) is 0 Å². The molecule has 0 aliphatic rings. The van der Waals surface area contributed by atoms with E-state index in [0.717, 1.165) is 11.8 Å². The van der Waals surface area contributed by atoms with Crippen LogP contribution in [0.1, 0.15) is 16.9 Å². The summed E-state index contributed by atoms with van der Waals surface area (Å²) in [6.07, 6.45) is -2.01. The maximum atomic E-state index is 12.3. The molecule has 1 heterocycles. The van der Waals surface area contributed by atoms with Gasteiger partial charge in [-0.25, -0.2) is 9.37 Å². The van der Waals surface area contributed by atoms with Crippen molar-refractivity contribution in [3.05, 3.63) is 23.0 Å². The Labute approximate surface area is 92.2 Å². The van der Waals surface area contributed by atoms with E-state index in [0.29, 0.717) is 16.3 Å². The lowest BCUT2D eigenvalue weighted by Gasteiger charge is -1.94. The van der Waals surface area contributed by atoms with E-state index in [1.54, 1.807) is 5.38 Å². The van der Waals surface area contributed by atoms with Crippen molar-refractivity contribution in [3.63, 3.8) is 0 Å². The lowest BCUT2D eigenvalue weighted by atomic mass is 10.4. The number of thioether (sulfide) groups is 1. The second kappa shape index (κ2) is 5.92. The lowest BCUT2D eigenvalue weighted by Crippen LogP contribution is -1.83. The number of carbonyl (C=O) groups is 1. The molecule has 0 unspecified atom stereocenters. The fraction of sp³-hybridized carbons (Fsp3) is 0.250. The normalized spacial score (nSPS) is 10.1. The Balaban J connectivity index is 2.38. The Bertz CT molecular complexity index is 374. The molecule has 1 rings (SSSR count). The molecule has 0 aliphatic heterocycles. The molecule has 0 fully saturated rings. The Hall–Kier alpha value is -0.820. The number of carbonyl (C=O) groups excluding carboxylic acids is 1. The molecule has 0 spiro atoms. The third-order valence-electron chi connectivity index (χ3n) is 1.37. The third-order valence-corrected chi connectivity index (χ3v) is 3.41. The minimum absolute atomic E-state index is 0.176. The summed E-state index contributed by atoms with van der Waals surface area (Å²) >= 11 is 2.37. The van der Waals surface area contributed by atoms with Crippen molar-refractivity contribution in [1.82, 2.24) is 4.98 Å². The molecule has 82 valence electrons. The second-order valence-electron chi connectivity index (χ2n) is 2.42.